The van der Waals surface area contributed by atoms with Gasteiger partial charge >= 0.3 is 0 Å². The molecule has 2 aromatic rings. The lowest BCUT2D eigenvalue weighted by Crippen LogP contribution is -2.11. The maximum Gasteiger partial charge on any atom is 0.222 e. The minimum atomic E-state index is 0.383. The molecule has 0 aliphatic rings. The summed E-state index contributed by atoms with van der Waals surface area (Å²) in [5.74, 6) is 1.05. The van der Waals surface area contributed by atoms with Gasteiger partial charge in [0.2, 0.25) is 5.95 Å². The van der Waals surface area contributed by atoms with Gasteiger partial charge in [0.1, 0.15) is 0 Å². The number of hydrogen-bond donors (Lipinski definition) is 1. The van der Waals surface area contributed by atoms with E-state index < -0.39 is 0 Å². The second-order valence-corrected chi connectivity index (χ2v) is 4.15. The molecule has 2 aromatic heterocycles. The molecule has 0 aromatic carbocycles. The van der Waals surface area contributed by atoms with Gasteiger partial charge in [0, 0.05) is 36.4 Å². The molecule has 5 heteroatoms. The molecular formula is C10H12N4S. The summed E-state index contributed by atoms with van der Waals surface area (Å²) in [5.41, 5.74) is 0. The van der Waals surface area contributed by atoms with Crippen LogP contribution in [-0.4, -0.2) is 21.5 Å². The van der Waals surface area contributed by atoms with Crippen molar-refractivity contribution in [3.05, 3.63) is 35.0 Å². The van der Waals surface area contributed by atoms with Gasteiger partial charge in [-0.1, -0.05) is 6.92 Å². The van der Waals surface area contributed by atoms with Crippen LogP contribution in [0, 0.1) is 0 Å². The van der Waals surface area contributed by atoms with E-state index in [9.17, 15) is 0 Å². The molecule has 0 spiro atoms. The zero-order valence-electron chi connectivity index (χ0n) is 8.42. The van der Waals surface area contributed by atoms with Gasteiger partial charge in [-0.15, -0.1) is 11.3 Å². The molecular weight excluding hydrogens is 208 g/mol. The van der Waals surface area contributed by atoms with Crippen LogP contribution in [0.3, 0.4) is 0 Å². The van der Waals surface area contributed by atoms with E-state index in [2.05, 4.69) is 27.2 Å². The van der Waals surface area contributed by atoms with Crippen LogP contribution in [0.4, 0.5) is 5.95 Å². The number of nitrogens with one attached hydrogen (secondary N) is 1. The Balaban J connectivity index is 1.89. The van der Waals surface area contributed by atoms with Crippen LogP contribution in [0.5, 0.6) is 0 Å². The van der Waals surface area contributed by atoms with E-state index in [1.807, 2.05) is 11.6 Å². The molecule has 0 amide bonds. The highest BCUT2D eigenvalue weighted by Gasteiger charge is 2.07. The van der Waals surface area contributed by atoms with Crippen LogP contribution in [0.1, 0.15) is 17.8 Å². The van der Waals surface area contributed by atoms with E-state index in [0.717, 1.165) is 11.6 Å². The van der Waals surface area contributed by atoms with Crippen molar-refractivity contribution in [1.82, 2.24) is 15.0 Å². The first kappa shape index (κ1) is 10.0. The lowest BCUT2D eigenvalue weighted by Gasteiger charge is -2.09. The van der Waals surface area contributed by atoms with Crippen LogP contribution >= 0.6 is 11.3 Å². The fourth-order valence-electron chi connectivity index (χ4n) is 1.20. The Bertz CT molecular complexity index is 387. The number of nitrogens with zero attached hydrogens (tertiary/aromatic N) is 3. The molecule has 78 valence electrons. The lowest BCUT2D eigenvalue weighted by atomic mass is 10.2. The average Bonchev–Trinajstić information content (AvgIpc) is 2.81. The Hall–Kier alpha value is -1.49. The van der Waals surface area contributed by atoms with Crippen LogP contribution in [0.2, 0.25) is 0 Å². The molecule has 0 saturated heterocycles. The van der Waals surface area contributed by atoms with E-state index in [0.29, 0.717) is 11.9 Å². The first-order valence-electron chi connectivity index (χ1n) is 4.76. The number of aromatic nitrogens is 3. The molecule has 1 unspecified atom stereocenters. The summed E-state index contributed by atoms with van der Waals surface area (Å²) in [5, 5.41) is 6.31. The first-order valence-corrected chi connectivity index (χ1v) is 5.64. The summed E-state index contributed by atoms with van der Waals surface area (Å²) in [6.07, 6.45) is 5.28. The van der Waals surface area contributed by atoms with Gasteiger partial charge in [-0.25, -0.2) is 15.0 Å². The van der Waals surface area contributed by atoms with Crippen LogP contribution in [-0.2, 0) is 0 Å². The smallest absolute Gasteiger partial charge is 0.222 e. The highest BCUT2D eigenvalue weighted by molar-refractivity contribution is 7.09. The highest BCUT2D eigenvalue weighted by Crippen LogP contribution is 2.17. The monoisotopic (exact) mass is 220 g/mol. The molecule has 0 saturated carbocycles. The largest absolute Gasteiger partial charge is 0.354 e. The zero-order valence-corrected chi connectivity index (χ0v) is 9.24. The summed E-state index contributed by atoms with van der Waals surface area (Å²) in [4.78, 5) is 12.5. The molecule has 15 heavy (non-hydrogen) atoms. The highest BCUT2D eigenvalue weighted by atomic mass is 32.1. The van der Waals surface area contributed by atoms with Gasteiger partial charge in [0.05, 0.1) is 5.01 Å². The fraction of sp³-hybridized carbons (Fsp3) is 0.300. The number of thiazole rings is 1. The third-order valence-electron chi connectivity index (χ3n) is 2.01. The molecule has 1 N–H and O–H groups in total. The minimum absolute atomic E-state index is 0.383. The minimum Gasteiger partial charge on any atom is -0.354 e. The topological polar surface area (TPSA) is 50.7 Å². The predicted octanol–water partition coefficient (Wildman–Crippen LogP) is 2.15. The zero-order chi connectivity index (χ0) is 10.5. The van der Waals surface area contributed by atoms with E-state index >= 15 is 0 Å². The molecule has 2 heterocycles. The van der Waals surface area contributed by atoms with E-state index in [4.69, 9.17) is 0 Å². The van der Waals surface area contributed by atoms with Crippen LogP contribution in [0.25, 0.3) is 0 Å². The molecule has 0 aliphatic carbocycles. The van der Waals surface area contributed by atoms with Crippen molar-refractivity contribution < 1.29 is 0 Å². The van der Waals surface area contributed by atoms with Crippen molar-refractivity contribution in [3.63, 3.8) is 0 Å². The normalized spacial score (nSPS) is 12.3. The molecule has 2 rings (SSSR count). The van der Waals surface area contributed by atoms with Crippen molar-refractivity contribution in [2.24, 2.45) is 0 Å². The van der Waals surface area contributed by atoms with Crippen LogP contribution in [0.15, 0.2) is 30.0 Å². The van der Waals surface area contributed by atoms with Gasteiger partial charge in [-0.05, 0) is 6.07 Å². The number of rotatable bonds is 4. The van der Waals surface area contributed by atoms with Crippen molar-refractivity contribution in [3.8, 4) is 0 Å². The van der Waals surface area contributed by atoms with Gasteiger partial charge in [-0.2, -0.15) is 0 Å². The number of hydrogen-bond acceptors (Lipinski definition) is 5. The molecule has 0 radical (unpaired) electrons. The standard InChI is InChI=1S/C10H12N4S/c1-8(9-11-5-6-15-9)7-14-10-12-3-2-4-13-10/h2-6,8H,7H2,1H3,(H,12,13,14). The molecule has 4 nitrogen and oxygen atoms in total. The third kappa shape index (κ3) is 2.73. The Morgan fingerprint density at radius 2 is 2.07 bits per heavy atom. The van der Waals surface area contributed by atoms with E-state index in [1.165, 1.54) is 0 Å². The van der Waals surface area contributed by atoms with Gasteiger partial charge < -0.3 is 5.32 Å². The molecule has 1 atom stereocenters. The van der Waals surface area contributed by atoms with Crippen molar-refractivity contribution >= 4 is 17.3 Å². The van der Waals surface area contributed by atoms with E-state index in [1.54, 1.807) is 29.8 Å². The average molecular weight is 220 g/mol. The van der Waals surface area contributed by atoms with Gasteiger partial charge in [0.15, 0.2) is 0 Å². The molecule has 0 fully saturated rings. The Labute approximate surface area is 92.4 Å². The quantitative estimate of drug-likeness (QED) is 0.857. The summed E-state index contributed by atoms with van der Waals surface area (Å²) in [6, 6.07) is 1.80. The van der Waals surface area contributed by atoms with Crippen molar-refractivity contribution in [2.75, 3.05) is 11.9 Å². The maximum absolute atomic E-state index is 4.27. The van der Waals surface area contributed by atoms with Gasteiger partial charge in [0.25, 0.3) is 0 Å². The lowest BCUT2D eigenvalue weighted by molar-refractivity contribution is 0.787. The Morgan fingerprint density at radius 1 is 1.27 bits per heavy atom. The third-order valence-corrected chi connectivity index (χ3v) is 3.01. The predicted molar refractivity (Wildman–Crippen MR) is 61.1 cm³/mol. The molecule has 0 aliphatic heterocycles. The second kappa shape index (κ2) is 4.84. The second-order valence-electron chi connectivity index (χ2n) is 3.22. The Morgan fingerprint density at radius 3 is 2.73 bits per heavy atom. The SMILES string of the molecule is CC(CNc1ncccn1)c1nccs1. The summed E-state index contributed by atoms with van der Waals surface area (Å²) < 4.78 is 0. The fourth-order valence-corrected chi connectivity index (χ4v) is 1.90. The van der Waals surface area contributed by atoms with E-state index in [-0.39, 0.29) is 0 Å². The summed E-state index contributed by atoms with van der Waals surface area (Å²) in [7, 11) is 0. The summed E-state index contributed by atoms with van der Waals surface area (Å²) in [6.45, 7) is 2.94. The van der Waals surface area contributed by atoms with Crippen molar-refractivity contribution in [1.29, 1.82) is 0 Å². The van der Waals surface area contributed by atoms with Crippen LogP contribution < -0.4 is 5.32 Å². The first-order chi connectivity index (χ1) is 7.36. The molecule has 0 bridgehead atoms. The van der Waals surface area contributed by atoms with Gasteiger partial charge in [-0.3, -0.25) is 0 Å². The summed E-state index contributed by atoms with van der Waals surface area (Å²) >= 11 is 1.67. The maximum atomic E-state index is 4.27. The Kier molecular flexibility index (Phi) is 3.24. The van der Waals surface area contributed by atoms with Crippen molar-refractivity contribution in [2.45, 2.75) is 12.8 Å². The number of anilines is 1.